The summed E-state index contributed by atoms with van der Waals surface area (Å²) in [6.07, 6.45) is 4.44. The third-order valence-electron chi connectivity index (χ3n) is 4.21. The van der Waals surface area contributed by atoms with Gasteiger partial charge in [0.25, 0.3) is 0 Å². The summed E-state index contributed by atoms with van der Waals surface area (Å²) < 4.78 is 0. The fourth-order valence-electron chi connectivity index (χ4n) is 3.04. The summed E-state index contributed by atoms with van der Waals surface area (Å²) >= 11 is 6.08. The molecule has 1 aromatic rings. The summed E-state index contributed by atoms with van der Waals surface area (Å²) in [4.78, 5) is 12.7. The highest BCUT2D eigenvalue weighted by Gasteiger charge is 2.42. The van der Waals surface area contributed by atoms with Crippen LogP contribution in [0, 0.1) is 0 Å². The van der Waals surface area contributed by atoms with Crippen molar-refractivity contribution >= 4 is 17.5 Å². The first-order chi connectivity index (χ1) is 9.58. The minimum atomic E-state index is -0.450. The molecule has 4 heteroatoms. The molecule has 1 saturated carbocycles. The van der Waals surface area contributed by atoms with Gasteiger partial charge < -0.3 is 10.4 Å². The van der Waals surface area contributed by atoms with Crippen LogP contribution in [0.3, 0.4) is 0 Å². The zero-order valence-electron chi connectivity index (χ0n) is 11.9. The second kappa shape index (κ2) is 6.59. The Morgan fingerprint density at radius 3 is 2.75 bits per heavy atom. The van der Waals surface area contributed by atoms with Gasteiger partial charge in [0.05, 0.1) is 5.41 Å². The maximum absolute atomic E-state index is 12.7. The highest BCUT2D eigenvalue weighted by atomic mass is 35.5. The molecule has 1 aliphatic rings. The van der Waals surface area contributed by atoms with Crippen molar-refractivity contribution in [3.05, 3.63) is 34.9 Å². The topological polar surface area (TPSA) is 49.3 Å². The van der Waals surface area contributed by atoms with Crippen molar-refractivity contribution in [3.8, 4) is 0 Å². The number of hydrogen-bond acceptors (Lipinski definition) is 2. The van der Waals surface area contributed by atoms with E-state index in [4.69, 9.17) is 16.7 Å². The lowest BCUT2D eigenvalue weighted by atomic mass is 9.78. The van der Waals surface area contributed by atoms with E-state index < -0.39 is 5.41 Å². The van der Waals surface area contributed by atoms with Gasteiger partial charge in [0.1, 0.15) is 0 Å². The van der Waals surface area contributed by atoms with Gasteiger partial charge in [-0.15, -0.1) is 0 Å². The molecule has 2 rings (SSSR count). The number of rotatable bonds is 5. The second-order valence-corrected chi connectivity index (χ2v) is 6.12. The van der Waals surface area contributed by atoms with E-state index in [1.807, 2.05) is 31.2 Å². The van der Waals surface area contributed by atoms with Crippen molar-refractivity contribution in [1.82, 2.24) is 5.32 Å². The average molecular weight is 296 g/mol. The van der Waals surface area contributed by atoms with Crippen molar-refractivity contribution in [2.75, 3.05) is 6.61 Å². The van der Waals surface area contributed by atoms with Gasteiger partial charge >= 0.3 is 0 Å². The first kappa shape index (κ1) is 15.3. The molecule has 1 unspecified atom stereocenters. The Morgan fingerprint density at radius 1 is 1.45 bits per heavy atom. The Morgan fingerprint density at radius 2 is 2.15 bits per heavy atom. The number of amides is 1. The molecule has 3 nitrogen and oxygen atoms in total. The number of aliphatic hydroxyl groups is 1. The zero-order chi connectivity index (χ0) is 14.6. The van der Waals surface area contributed by atoms with E-state index in [9.17, 15) is 4.79 Å². The predicted molar refractivity (Wildman–Crippen MR) is 80.9 cm³/mol. The number of benzene rings is 1. The summed E-state index contributed by atoms with van der Waals surface area (Å²) in [5.74, 6) is 0.0678. The maximum atomic E-state index is 12.7. The molecule has 0 radical (unpaired) electrons. The van der Waals surface area contributed by atoms with Crippen molar-refractivity contribution < 1.29 is 9.90 Å². The average Bonchev–Trinajstić information content (AvgIpc) is 2.89. The van der Waals surface area contributed by atoms with Crippen LogP contribution < -0.4 is 5.32 Å². The van der Waals surface area contributed by atoms with Crippen LogP contribution in [-0.4, -0.2) is 23.7 Å². The molecule has 0 bridgehead atoms. The molecule has 110 valence electrons. The summed E-state index contributed by atoms with van der Waals surface area (Å²) in [6.45, 7) is 2.01. The van der Waals surface area contributed by atoms with Gasteiger partial charge in [-0.25, -0.2) is 0 Å². The molecule has 0 saturated heterocycles. The van der Waals surface area contributed by atoms with E-state index in [2.05, 4.69) is 5.32 Å². The van der Waals surface area contributed by atoms with Gasteiger partial charge in [-0.2, -0.15) is 0 Å². The van der Waals surface area contributed by atoms with Crippen LogP contribution in [0.1, 0.15) is 44.6 Å². The molecule has 0 heterocycles. The molecule has 1 fully saturated rings. The molecule has 0 aromatic heterocycles. The van der Waals surface area contributed by atoms with Crippen LogP contribution in [0.15, 0.2) is 24.3 Å². The number of halogens is 1. The molecule has 1 amide bonds. The van der Waals surface area contributed by atoms with Gasteiger partial charge in [-0.05, 0) is 43.9 Å². The molecular weight excluding hydrogens is 274 g/mol. The first-order valence-electron chi connectivity index (χ1n) is 7.26. The monoisotopic (exact) mass is 295 g/mol. The van der Waals surface area contributed by atoms with E-state index in [0.717, 1.165) is 31.2 Å². The van der Waals surface area contributed by atoms with Gasteiger partial charge in [0.15, 0.2) is 0 Å². The maximum Gasteiger partial charge on any atom is 0.230 e. The van der Waals surface area contributed by atoms with Crippen LogP contribution in [0.5, 0.6) is 0 Å². The normalized spacial score (nSPS) is 18.8. The van der Waals surface area contributed by atoms with Crippen LogP contribution in [0.2, 0.25) is 5.02 Å². The number of carbonyl (C=O) groups excluding carboxylic acids is 1. The Hall–Kier alpha value is -1.06. The SMILES string of the molecule is CC(CCO)NC(=O)C1(c2cccc(Cl)c2)CCCC1. The molecule has 2 N–H and O–H groups in total. The highest BCUT2D eigenvalue weighted by molar-refractivity contribution is 6.30. The highest BCUT2D eigenvalue weighted by Crippen LogP contribution is 2.42. The summed E-state index contributed by atoms with van der Waals surface area (Å²) in [5.41, 5.74) is 0.561. The fraction of sp³-hybridized carbons (Fsp3) is 0.562. The third-order valence-corrected chi connectivity index (χ3v) is 4.44. The number of nitrogens with one attached hydrogen (secondary N) is 1. The minimum absolute atomic E-state index is 0.0100. The third kappa shape index (κ3) is 3.15. The quantitative estimate of drug-likeness (QED) is 0.877. The van der Waals surface area contributed by atoms with Crippen molar-refractivity contribution in [2.45, 2.75) is 50.5 Å². The van der Waals surface area contributed by atoms with E-state index in [0.29, 0.717) is 11.4 Å². The Balaban J connectivity index is 2.23. The lowest BCUT2D eigenvalue weighted by Gasteiger charge is -2.30. The van der Waals surface area contributed by atoms with Crippen LogP contribution in [0.4, 0.5) is 0 Å². The van der Waals surface area contributed by atoms with Crippen molar-refractivity contribution in [2.24, 2.45) is 0 Å². The fourth-order valence-corrected chi connectivity index (χ4v) is 3.23. The van der Waals surface area contributed by atoms with Gasteiger partial charge in [0, 0.05) is 17.7 Å². The van der Waals surface area contributed by atoms with E-state index in [1.165, 1.54) is 0 Å². The summed E-state index contributed by atoms with van der Waals surface area (Å²) in [5, 5.41) is 12.7. The molecule has 1 atom stereocenters. The van der Waals surface area contributed by atoms with E-state index >= 15 is 0 Å². The Kier molecular flexibility index (Phi) is 5.06. The molecule has 0 spiro atoms. The lowest BCUT2D eigenvalue weighted by Crippen LogP contribution is -2.46. The molecular formula is C16H22ClNO2. The molecule has 1 aliphatic carbocycles. The largest absolute Gasteiger partial charge is 0.396 e. The number of aliphatic hydroxyl groups excluding tert-OH is 1. The van der Waals surface area contributed by atoms with Gasteiger partial charge in [0.2, 0.25) is 5.91 Å². The lowest BCUT2D eigenvalue weighted by molar-refractivity contribution is -0.127. The second-order valence-electron chi connectivity index (χ2n) is 5.69. The number of hydrogen-bond donors (Lipinski definition) is 2. The van der Waals surface area contributed by atoms with Crippen LogP contribution >= 0.6 is 11.6 Å². The molecule has 20 heavy (non-hydrogen) atoms. The Labute approximate surface area is 125 Å². The van der Waals surface area contributed by atoms with Crippen molar-refractivity contribution in [1.29, 1.82) is 0 Å². The summed E-state index contributed by atoms with van der Waals surface area (Å²) in [6, 6.07) is 7.63. The smallest absolute Gasteiger partial charge is 0.230 e. The van der Waals surface area contributed by atoms with Gasteiger partial charge in [-0.3, -0.25) is 4.79 Å². The van der Waals surface area contributed by atoms with Gasteiger partial charge in [-0.1, -0.05) is 36.6 Å². The van der Waals surface area contributed by atoms with E-state index in [-0.39, 0.29) is 18.6 Å². The molecule has 0 aliphatic heterocycles. The first-order valence-corrected chi connectivity index (χ1v) is 7.64. The zero-order valence-corrected chi connectivity index (χ0v) is 12.6. The van der Waals surface area contributed by atoms with Crippen LogP contribution in [-0.2, 0) is 10.2 Å². The minimum Gasteiger partial charge on any atom is -0.396 e. The standard InChI is InChI=1S/C16H22ClNO2/c1-12(7-10-19)18-15(20)16(8-2-3-9-16)13-5-4-6-14(17)11-13/h4-6,11-12,19H,2-3,7-10H2,1H3,(H,18,20). The number of carbonyl (C=O) groups is 1. The predicted octanol–water partition coefficient (Wildman–Crippen LogP) is 3.04. The Bertz CT molecular complexity index is 469. The van der Waals surface area contributed by atoms with Crippen molar-refractivity contribution in [3.63, 3.8) is 0 Å². The van der Waals surface area contributed by atoms with Crippen LogP contribution in [0.25, 0.3) is 0 Å². The van der Waals surface area contributed by atoms with E-state index in [1.54, 1.807) is 0 Å². The molecule has 1 aromatic carbocycles. The summed E-state index contributed by atoms with van der Waals surface area (Å²) in [7, 11) is 0.